The molecule has 1 heterocycles. The van der Waals surface area contributed by atoms with E-state index < -0.39 is 6.04 Å². The summed E-state index contributed by atoms with van der Waals surface area (Å²) in [6, 6.07) is 16.1. The first-order chi connectivity index (χ1) is 10.2. The van der Waals surface area contributed by atoms with Crippen LogP contribution < -0.4 is 15.4 Å². The van der Waals surface area contributed by atoms with Crippen LogP contribution in [0.25, 0.3) is 0 Å². The zero-order valence-corrected chi connectivity index (χ0v) is 11.2. The smallest absolute Gasteiger partial charge is 0.249 e. The number of benzene rings is 2. The van der Waals surface area contributed by atoms with E-state index in [1.807, 2.05) is 54.6 Å². The lowest BCUT2D eigenvalue weighted by molar-refractivity contribution is -0.124. The van der Waals surface area contributed by atoms with Gasteiger partial charge in [0, 0.05) is 0 Å². The number of amides is 2. The summed E-state index contributed by atoms with van der Waals surface area (Å²) in [5.74, 6) is 0.739. The molecule has 1 fully saturated rings. The molecule has 3 rings (SSSR count). The quantitative estimate of drug-likeness (QED) is 0.844. The summed E-state index contributed by atoms with van der Waals surface area (Å²) < 4.78 is 5.80. The highest BCUT2D eigenvalue weighted by Crippen LogP contribution is 2.30. The Balaban J connectivity index is 1.80. The van der Waals surface area contributed by atoms with Crippen molar-refractivity contribution < 1.29 is 14.3 Å². The summed E-state index contributed by atoms with van der Waals surface area (Å²) in [7, 11) is 0. The van der Waals surface area contributed by atoms with E-state index in [0.29, 0.717) is 17.2 Å². The van der Waals surface area contributed by atoms with Crippen LogP contribution in [0.4, 0.5) is 5.69 Å². The van der Waals surface area contributed by atoms with Gasteiger partial charge >= 0.3 is 0 Å². The molecule has 5 heteroatoms. The number of ether oxygens (including phenoxy) is 1. The molecule has 1 aliphatic rings. The van der Waals surface area contributed by atoms with Crippen LogP contribution in [0.5, 0.6) is 11.5 Å². The maximum Gasteiger partial charge on any atom is 0.249 e. The van der Waals surface area contributed by atoms with Crippen LogP contribution in [0, 0.1) is 0 Å². The highest BCUT2D eigenvalue weighted by atomic mass is 16.5. The summed E-state index contributed by atoms with van der Waals surface area (Å²) in [4.78, 5) is 22.9. The van der Waals surface area contributed by atoms with E-state index >= 15 is 0 Å². The van der Waals surface area contributed by atoms with Crippen molar-refractivity contribution in [3.8, 4) is 11.5 Å². The lowest BCUT2D eigenvalue weighted by atomic mass is 10.2. The second-order valence-corrected chi connectivity index (χ2v) is 4.72. The van der Waals surface area contributed by atoms with Gasteiger partial charge in [-0.3, -0.25) is 14.9 Å². The van der Waals surface area contributed by atoms with Gasteiger partial charge < -0.3 is 10.1 Å². The molecule has 0 radical (unpaired) electrons. The minimum atomic E-state index is -0.557. The fourth-order valence-electron chi connectivity index (χ4n) is 2.15. The molecule has 5 nitrogen and oxygen atoms in total. The number of imide groups is 1. The van der Waals surface area contributed by atoms with Crippen LogP contribution in [0.2, 0.25) is 0 Å². The minimum absolute atomic E-state index is 0.137. The van der Waals surface area contributed by atoms with Gasteiger partial charge in [-0.25, -0.2) is 0 Å². The van der Waals surface area contributed by atoms with Crippen molar-refractivity contribution >= 4 is 17.5 Å². The molecule has 0 aliphatic carbocycles. The Kier molecular flexibility index (Phi) is 3.55. The molecule has 2 aromatic rings. The normalized spacial score (nSPS) is 17.4. The van der Waals surface area contributed by atoms with E-state index in [2.05, 4.69) is 10.6 Å². The molecule has 2 aromatic carbocycles. The number of nitrogens with one attached hydrogen (secondary N) is 2. The van der Waals surface area contributed by atoms with Crippen LogP contribution in [0.1, 0.15) is 6.42 Å². The van der Waals surface area contributed by atoms with Crippen LogP contribution in [0.3, 0.4) is 0 Å². The van der Waals surface area contributed by atoms with Gasteiger partial charge in [-0.05, 0) is 24.3 Å². The number of rotatable bonds is 4. The molecule has 106 valence electrons. The zero-order valence-electron chi connectivity index (χ0n) is 11.2. The molecule has 0 aromatic heterocycles. The fourth-order valence-corrected chi connectivity index (χ4v) is 2.15. The first-order valence-electron chi connectivity index (χ1n) is 6.64. The number of para-hydroxylation sites is 3. The van der Waals surface area contributed by atoms with Crippen molar-refractivity contribution in [2.75, 3.05) is 5.32 Å². The summed E-state index contributed by atoms with van der Waals surface area (Å²) in [6.07, 6.45) is 0.137. The predicted octanol–water partition coefficient (Wildman–Crippen LogP) is 2.31. The van der Waals surface area contributed by atoms with Crippen LogP contribution in [-0.4, -0.2) is 17.9 Å². The Bertz CT molecular complexity index is 670. The third kappa shape index (κ3) is 3.02. The van der Waals surface area contributed by atoms with Gasteiger partial charge in [0.15, 0.2) is 5.75 Å². The van der Waals surface area contributed by atoms with Gasteiger partial charge in [0.2, 0.25) is 11.8 Å². The van der Waals surface area contributed by atoms with Crippen molar-refractivity contribution in [2.45, 2.75) is 12.5 Å². The number of hydrogen-bond donors (Lipinski definition) is 2. The average molecular weight is 282 g/mol. The van der Waals surface area contributed by atoms with E-state index in [1.165, 1.54) is 0 Å². The van der Waals surface area contributed by atoms with E-state index in [4.69, 9.17) is 4.74 Å². The Hall–Kier alpha value is -2.82. The maximum atomic E-state index is 11.6. The van der Waals surface area contributed by atoms with Crippen molar-refractivity contribution in [1.29, 1.82) is 0 Å². The number of carbonyl (C=O) groups excluding carboxylic acids is 2. The Labute approximate surface area is 121 Å². The molecular formula is C16H14N2O3. The van der Waals surface area contributed by atoms with Gasteiger partial charge in [0.1, 0.15) is 11.8 Å². The van der Waals surface area contributed by atoms with E-state index in [0.717, 1.165) is 0 Å². The van der Waals surface area contributed by atoms with E-state index in [1.54, 1.807) is 0 Å². The minimum Gasteiger partial charge on any atom is -0.455 e. The number of hydrogen-bond acceptors (Lipinski definition) is 4. The van der Waals surface area contributed by atoms with Gasteiger partial charge in [-0.2, -0.15) is 0 Å². The number of anilines is 1. The first kappa shape index (κ1) is 13.2. The van der Waals surface area contributed by atoms with Crippen molar-refractivity contribution in [2.24, 2.45) is 0 Å². The molecule has 1 atom stereocenters. The zero-order chi connectivity index (χ0) is 14.7. The molecule has 2 N–H and O–H groups in total. The fraction of sp³-hybridized carbons (Fsp3) is 0.125. The van der Waals surface area contributed by atoms with Gasteiger partial charge in [0.25, 0.3) is 0 Å². The summed E-state index contributed by atoms with van der Waals surface area (Å²) >= 11 is 0. The molecule has 1 saturated heterocycles. The molecule has 0 bridgehead atoms. The van der Waals surface area contributed by atoms with Gasteiger partial charge in [-0.1, -0.05) is 30.3 Å². The molecule has 0 saturated carbocycles. The van der Waals surface area contributed by atoms with Crippen molar-refractivity contribution in [1.82, 2.24) is 5.32 Å². The highest BCUT2D eigenvalue weighted by molar-refractivity contribution is 6.06. The molecule has 21 heavy (non-hydrogen) atoms. The first-order valence-corrected chi connectivity index (χ1v) is 6.64. The maximum absolute atomic E-state index is 11.6. The second-order valence-electron chi connectivity index (χ2n) is 4.72. The Morgan fingerprint density at radius 1 is 1.00 bits per heavy atom. The van der Waals surface area contributed by atoms with Crippen LogP contribution >= 0.6 is 0 Å². The molecule has 1 aliphatic heterocycles. The monoisotopic (exact) mass is 282 g/mol. The molecular weight excluding hydrogens is 268 g/mol. The summed E-state index contributed by atoms with van der Waals surface area (Å²) in [6.45, 7) is 0. The van der Waals surface area contributed by atoms with Crippen LogP contribution in [0.15, 0.2) is 54.6 Å². The van der Waals surface area contributed by atoms with Crippen molar-refractivity contribution in [3.63, 3.8) is 0 Å². The summed E-state index contributed by atoms with van der Waals surface area (Å²) in [5, 5.41) is 5.33. The Morgan fingerprint density at radius 2 is 1.71 bits per heavy atom. The average Bonchev–Trinajstić information content (AvgIpc) is 2.80. The molecule has 2 amide bonds. The molecule has 0 spiro atoms. The SMILES string of the molecule is O=C1CC(Nc2ccccc2Oc2ccccc2)C(=O)N1. The Morgan fingerprint density at radius 3 is 2.43 bits per heavy atom. The second kappa shape index (κ2) is 5.66. The highest BCUT2D eigenvalue weighted by Gasteiger charge is 2.30. The lowest BCUT2D eigenvalue weighted by Crippen LogP contribution is -2.30. The lowest BCUT2D eigenvalue weighted by Gasteiger charge is -2.15. The van der Waals surface area contributed by atoms with Gasteiger partial charge in [0.05, 0.1) is 12.1 Å². The summed E-state index contributed by atoms with van der Waals surface area (Å²) in [5.41, 5.74) is 0.677. The predicted molar refractivity (Wildman–Crippen MR) is 78.1 cm³/mol. The topological polar surface area (TPSA) is 67.4 Å². The van der Waals surface area contributed by atoms with Crippen molar-refractivity contribution in [3.05, 3.63) is 54.6 Å². The standard InChI is InChI=1S/C16H14N2O3/c19-15-10-13(16(20)18-15)17-12-8-4-5-9-14(12)21-11-6-2-1-3-7-11/h1-9,13,17H,10H2,(H,18,19,20). The van der Waals surface area contributed by atoms with E-state index in [-0.39, 0.29) is 18.2 Å². The largest absolute Gasteiger partial charge is 0.455 e. The number of carbonyl (C=O) groups is 2. The van der Waals surface area contributed by atoms with Crippen LogP contribution in [-0.2, 0) is 9.59 Å². The third-order valence-corrected chi connectivity index (χ3v) is 3.16. The van der Waals surface area contributed by atoms with E-state index in [9.17, 15) is 9.59 Å². The molecule has 1 unspecified atom stereocenters. The third-order valence-electron chi connectivity index (χ3n) is 3.16. The van der Waals surface area contributed by atoms with Gasteiger partial charge in [-0.15, -0.1) is 0 Å².